The van der Waals surface area contributed by atoms with Crippen LogP contribution in [0.25, 0.3) is 0 Å². The molecule has 0 rings (SSSR count). The highest BCUT2D eigenvalue weighted by molar-refractivity contribution is 4.78. The lowest BCUT2D eigenvalue weighted by Gasteiger charge is -2.30. The lowest BCUT2D eigenvalue weighted by molar-refractivity contribution is 0.0362. The Morgan fingerprint density at radius 1 is 1.00 bits per heavy atom. The largest absolute Gasteiger partial charge is 0.393 e. The van der Waals surface area contributed by atoms with Gasteiger partial charge in [0.05, 0.1) is 6.10 Å². The van der Waals surface area contributed by atoms with Crippen molar-refractivity contribution in [3.8, 4) is 0 Å². The van der Waals surface area contributed by atoms with Gasteiger partial charge in [0.2, 0.25) is 0 Å². The fourth-order valence-electron chi connectivity index (χ4n) is 2.59. The summed E-state index contributed by atoms with van der Waals surface area (Å²) < 4.78 is 0. The van der Waals surface area contributed by atoms with Crippen molar-refractivity contribution < 1.29 is 5.11 Å². The van der Waals surface area contributed by atoms with Crippen LogP contribution in [0.4, 0.5) is 0 Å². The molecule has 16 heavy (non-hydrogen) atoms. The molecule has 0 heterocycles. The van der Waals surface area contributed by atoms with Crippen molar-refractivity contribution in [2.45, 2.75) is 65.9 Å². The zero-order chi connectivity index (χ0) is 12.6. The van der Waals surface area contributed by atoms with E-state index in [1.807, 2.05) is 0 Å². The van der Waals surface area contributed by atoms with Gasteiger partial charge in [-0.2, -0.15) is 0 Å². The first-order valence-electron chi connectivity index (χ1n) is 6.94. The second-order valence-corrected chi connectivity index (χ2v) is 5.45. The molecule has 0 saturated heterocycles. The lowest BCUT2D eigenvalue weighted by atomic mass is 9.81. The molecule has 0 bridgehead atoms. The minimum atomic E-state index is -0.202. The molecular formula is C14H31NO. The Kier molecular flexibility index (Phi) is 8.96. The molecule has 0 aliphatic rings. The Morgan fingerprint density at radius 2 is 1.50 bits per heavy atom. The predicted molar refractivity (Wildman–Crippen MR) is 71.3 cm³/mol. The molecule has 0 fully saturated rings. The normalized spacial score (nSPS) is 15.8. The number of hydrogen-bond acceptors (Lipinski definition) is 2. The zero-order valence-electron chi connectivity index (χ0n) is 11.6. The summed E-state index contributed by atoms with van der Waals surface area (Å²) in [6.45, 7) is 9.39. The molecular weight excluding hydrogens is 198 g/mol. The van der Waals surface area contributed by atoms with E-state index < -0.39 is 0 Å². The number of nitrogens with two attached hydrogens (primary N) is 1. The minimum Gasteiger partial charge on any atom is -0.393 e. The van der Waals surface area contributed by atoms with E-state index in [0.29, 0.717) is 18.4 Å². The van der Waals surface area contributed by atoms with Crippen LogP contribution in [0.2, 0.25) is 0 Å². The molecule has 0 aliphatic heterocycles. The number of aliphatic hydroxyl groups excluding tert-OH is 1. The van der Waals surface area contributed by atoms with Crippen molar-refractivity contribution in [2.75, 3.05) is 6.54 Å². The first-order chi connectivity index (χ1) is 7.56. The van der Waals surface area contributed by atoms with Crippen LogP contribution in [0.5, 0.6) is 0 Å². The van der Waals surface area contributed by atoms with Crippen LogP contribution >= 0.6 is 0 Å². The molecule has 2 heteroatoms. The summed E-state index contributed by atoms with van der Waals surface area (Å²) in [6.07, 6.45) is 5.41. The predicted octanol–water partition coefficient (Wildman–Crippen LogP) is 3.18. The van der Waals surface area contributed by atoms with E-state index in [-0.39, 0.29) is 12.0 Å². The van der Waals surface area contributed by atoms with Crippen LogP contribution in [0, 0.1) is 17.8 Å². The molecule has 2 atom stereocenters. The summed E-state index contributed by atoms with van der Waals surface area (Å²) in [5.41, 5.74) is 5.79. The molecule has 2 unspecified atom stereocenters. The van der Waals surface area contributed by atoms with Gasteiger partial charge in [0, 0.05) is 0 Å². The summed E-state index contributed by atoms with van der Waals surface area (Å²) >= 11 is 0. The Balaban J connectivity index is 4.34. The molecule has 0 radical (unpaired) electrons. The van der Waals surface area contributed by atoms with Crippen molar-refractivity contribution in [1.29, 1.82) is 0 Å². The van der Waals surface area contributed by atoms with E-state index in [9.17, 15) is 5.11 Å². The summed E-state index contributed by atoms with van der Waals surface area (Å²) in [5, 5.41) is 10.4. The highest BCUT2D eigenvalue weighted by atomic mass is 16.3. The molecule has 0 aromatic carbocycles. The maximum Gasteiger partial charge on any atom is 0.0608 e. The zero-order valence-corrected chi connectivity index (χ0v) is 11.6. The molecule has 3 N–H and O–H groups in total. The Morgan fingerprint density at radius 3 is 1.81 bits per heavy atom. The van der Waals surface area contributed by atoms with Gasteiger partial charge in [-0.1, -0.05) is 40.5 Å². The fourth-order valence-corrected chi connectivity index (χ4v) is 2.59. The van der Waals surface area contributed by atoms with Crippen LogP contribution in [0.3, 0.4) is 0 Å². The van der Waals surface area contributed by atoms with Crippen molar-refractivity contribution >= 4 is 0 Å². The first kappa shape index (κ1) is 15.9. The maximum atomic E-state index is 10.4. The minimum absolute atomic E-state index is 0.202. The van der Waals surface area contributed by atoms with E-state index in [2.05, 4.69) is 27.7 Å². The third-order valence-corrected chi connectivity index (χ3v) is 3.36. The van der Waals surface area contributed by atoms with Gasteiger partial charge in [-0.15, -0.1) is 0 Å². The third-order valence-electron chi connectivity index (χ3n) is 3.36. The van der Waals surface area contributed by atoms with Crippen molar-refractivity contribution in [1.82, 2.24) is 0 Å². The smallest absolute Gasteiger partial charge is 0.0608 e. The van der Waals surface area contributed by atoms with Crippen LogP contribution in [0.15, 0.2) is 0 Å². The van der Waals surface area contributed by atoms with Gasteiger partial charge >= 0.3 is 0 Å². The second kappa shape index (κ2) is 9.00. The molecule has 98 valence electrons. The summed E-state index contributed by atoms with van der Waals surface area (Å²) in [7, 11) is 0. The summed E-state index contributed by atoms with van der Waals surface area (Å²) in [6, 6.07) is 0. The average molecular weight is 229 g/mol. The SMILES string of the molecule is CCCC(CCC)C(O)C(CN)CC(C)C. The number of aliphatic hydroxyl groups is 1. The molecule has 0 aliphatic carbocycles. The highest BCUT2D eigenvalue weighted by Crippen LogP contribution is 2.26. The Hall–Kier alpha value is -0.0800. The fraction of sp³-hybridized carbons (Fsp3) is 1.00. The molecule has 0 spiro atoms. The van der Waals surface area contributed by atoms with E-state index in [1.54, 1.807) is 0 Å². The van der Waals surface area contributed by atoms with E-state index >= 15 is 0 Å². The van der Waals surface area contributed by atoms with E-state index in [4.69, 9.17) is 5.73 Å². The van der Waals surface area contributed by atoms with Gasteiger partial charge < -0.3 is 10.8 Å². The first-order valence-corrected chi connectivity index (χ1v) is 6.94. The second-order valence-electron chi connectivity index (χ2n) is 5.45. The van der Waals surface area contributed by atoms with Crippen LogP contribution < -0.4 is 5.73 Å². The molecule has 0 amide bonds. The van der Waals surface area contributed by atoms with Gasteiger partial charge in [-0.25, -0.2) is 0 Å². The van der Waals surface area contributed by atoms with Gasteiger partial charge in [-0.3, -0.25) is 0 Å². The van der Waals surface area contributed by atoms with Crippen molar-refractivity contribution in [3.05, 3.63) is 0 Å². The summed E-state index contributed by atoms with van der Waals surface area (Å²) in [4.78, 5) is 0. The van der Waals surface area contributed by atoms with Crippen molar-refractivity contribution in [2.24, 2.45) is 23.5 Å². The van der Waals surface area contributed by atoms with Gasteiger partial charge in [0.1, 0.15) is 0 Å². The maximum absolute atomic E-state index is 10.4. The van der Waals surface area contributed by atoms with Gasteiger partial charge in [0.25, 0.3) is 0 Å². The van der Waals surface area contributed by atoms with E-state index in [1.165, 1.54) is 0 Å². The number of rotatable bonds is 9. The number of hydrogen-bond donors (Lipinski definition) is 2. The molecule has 0 aromatic rings. The van der Waals surface area contributed by atoms with Crippen molar-refractivity contribution in [3.63, 3.8) is 0 Å². The Labute approximate surface area is 102 Å². The molecule has 0 saturated carbocycles. The Bertz CT molecular complexity index is 151. The van der Waals surface area contributed by atoms with Gasteiger partial charge in [0.15, 0.2) is 0 Å². The monoisotopic (exact) mass is 229 g/mol. The molecule has 2 nitrogen and oxygen atoms in total. The quantitative estimate of drug-likeness (QED) is 0.638. The van der Waals surface area contributed by atoms with Crippen LogP contribution in [0.1, 0.15) is 59.8 Å². The van der Waals surface area contributed by atoms with Gasteiger partial charge in [-0.05, 0) is 43.6 Å². The lowest BCUT2D eigenvalue weighted by Crippen LogP contribution is -2.35. The average Bonchev–Trinajstić information content (AvgIpc) is 2.24. The topological polar surface area (TPSA) is 46.2 Å². The third kappa shape index (κ3) is 5.86. The van der Waals surface area contributed by atoms with Crippen LogP contribution in [-0.4, -0.2) is 17.8 Å². The highest BCUT2D eigenvalue weighted by Gasteiger charge is 2.26. The standard InChI is InChI=1S/C14H31NO/c1-5-7-12(8-6-2)14(16)13(10-15)9-11(3)4/h11-14,16H,5-10,15H2,1-4H3. The van der Waals surface area contributed by atoms with E-state index in [0.717, 1.165) is 32.1 Å². The molecule has 0 aromatic heterocycles. The summed E-state index contributed by atoms with van der Waals surface area (Å²) in [5.74, 6) is 1.34. The van der Waals surface area contributed by atoms with Crippen LogP contribution in [-0.2, 0) is 0 Å².